The molecule has 2 aliphatic carbocycles. The van der Waals surface area contributed by atoms with E-state index in [0.717, 1.165) is 18.3 Å². The Hall–Kier alpha value is 0.540. The molecule has 0 aromatic carbocycles. The molecule has 0 unspecified atom stereocenters. The second kappa shape index (κ2) is 19.3. The van der Waals surface area contributed by atoms with E-state index < -0.39 is 0 Å². The Morgan fingerprint density at radius 3 is 1.28 bits per heavy atom. The minimum absolute atomic E-state index is 0.231. The van der Waals surface area contributed by atoms with E-state index in [0.29, 0.717) is 0 Å². The van der Waals surface area contributed by atoms with Crippen LogP contribution in [0.3, 0.4) is 0 Å². The van der Waals surface area contributed by atoms with Crippen molar-refractivity contribution in [3.63, 3.8) is 0 Å². The first-order chi connectivity index (χ1) is 12.0. The third-order valence-electron chi connectivity index (χ3n) is 5.41. The molecular weight excluding hydrogens is 383 g/mol. The molecule has 2 saturated carbocycles. The van der Waals surface area contributed by atoms with Gasteiger partial charge in [-0.05, 0) is 11.8 Å². The number of rotatable bonds is 4. The summed E-state index contributed by atoms with van der Waals surface area (Å²) < 4.78 is 4.19. The van der Waals surface area contributed by atoms with Crippen LogP contribution in [0.15, 0.2) is 3.34 Å². The van der Waals surface area contributed by atoms with E-state index in [2.05, 4.69) is 57.7 Å². The minimum atomic E-state index is 0.231. The first-order valence-electron chi connectivity index (χ1n) is 10.7. The third-order valence-corrected chi connectivity index (χ3v) is 6.74. The zero-order chi connectivity index (χ0) is 19.6. The van der Waals surface area contributed by atoms with Gasteiger partial charge in [-0.25, -0.2) is 0 Å². The van der Waals surface area contributed by atoms with Crippen molar-refractivity contribution in [1.82, 2.24) is 0 Å². The van der Waals surface area contributed by atoms with Crippen LogP contribution in [0, 0.1) is 31.6 Å². The van der Waals surface area contributed by atoms with Gasteiger partial charge in [0.2, 0.25) is 0 Å². The molecule has 0 radical (unpaired) electrons. The van der Waals surface area contributed by atoms with Gasteiger partial charge in [0, 0.05) is 0 Å². The average molecular weight is 430 g/mol. The minimum Gasteiger partial charge on any atom is -0.346 e. The molecule has 151 valence electrons. The summed E-state index contributed by atoms with van der Waals surface area (Å²) in [5.74, 6) is 2.11. The normalized spacial score (nSPS) is 18.5. The van der Waals surface area contributed by atoms with Crippen LogP contribution in [0.4, 0.5) is 0 Å². The van der Waals surface area contributed by atoms with Crippen LogP contribution in [0.5, 0.6) is 0 Å². The first kappa shape index (κ1) is 27.8. The molecule has 2 rings (SSSR count). The van der Waals surface area contributed by atoms with Gasteiger partial charge in [0.25, 0.3) is 0 Å². The molecule has 2 aliphatic rings. The van der Waals surface area contributed by atoms with Crippen molar-refractivity contribution in [2.45, 2.75) is 118 Å². The van der Waals surface area contributed by atoms with E-state index >= 15 is 0 Å². The maximum atomic E-state index is 4.19. The van der Waals surface area contributed by atoms with Gasteiger partial charge in [-0.2, -0.15) is 32.6 Å². The first-order valence-corrected chi connectivity index (χ1v) is 11.7. The average Bonchev–Trinajstić information content (AvgIpc) is 2.71. The van der Waals surface area contributed by atoms with Gasteiger partial charge in [-0.3, -0.25) is 0 Å². The van der Waals surface area contributed by atoms with Gasteiger partial charge in [-0.1, -0.05) is 52.4 Å². The van der Waals surface area contributed by atoms with E-state index in [-0.39, 0.29) is 5.54 Å². The van der Waals surface area contributed by atoms with Crippen molar-refractivity contribution < 1.29 is 20.9 Å². The van der Waals surface area contributed by atoms with E-state index in [1.807, 2.05) is 0 Å². The molecule has 0 spiro atoms. The summed E-state index contributed by atoms with van der Waals surface area (Å²) in [5, 5.41) is 0. The Kier molecular flexibility index (Phi) is 21.4. The monoisotopic (exact) mass is 429 g/mol. The van der Waals surface area contributed by atoms with Crippen molar-refractivity contribution in [2.24, 2.45) is 15.2 Å². The molecule has 0 aromatic heterocycles. The second-order valence-electron chi connectivity index (χ2n) is 7.70. The molecule has 0 atom stereocenters. The SMILES string of the molecule is CCC(C)(C)[N]=[Nb].CCC1CC[CH-]CC1.CCC1CC[CH-]CC1.[CH2-]C. The summed E-state index contributed by atoms with van der Waals surface area (Å²) in [6, 6.07) is 0. The summed E-state index contributed by atoms with van der Waals surface area (Å²) in [7, 11) is 0. The van der Waals surface area contributed by atoms with E-state index in [4.69, 9.17) is 0 Å². The number of nitrogens with zero attached hydrogens (tertiary/aromatic N) is 1. The molecule has 0 amide bonds. The summed E-state index contributed by atoms with van der Waals surface area (Å²) >= 11 is 1.55. The van der Waals surface area contributed by atoms with Crippen molar-refractivity contribution >= 4 is 0 Å². The summed E-state index contributed by atoms with van der Waals surface area (Å²) in [4.78, 5) is 0. The molecule has 2 heteroatoms. The Balaban J connectivity index is 0. The van der Waals surface area contributed by atoms with Crippen LogP contribution in [-0.2, 0) is 20.9 Å². The molecule has 0 bridgehead atoms. The van der Waals surface area contributed by atoms with Crippen LogP contribution in [0.25, 0.3) is 0 Å². The summed E-state index contributed by atoms with van der Waals surface area (Å²) in [5.41, 5.74) is 0.231. The number of hydrogen-bond donors (Lipinski definition) is 0. The molecule has 0 saturated heterocycles. The van der Waals surface area contributed by atoms with Crippen LogP contribution in [0.1, 0.15) is 112 Å². The maximum Gasteiger partial charge on any atom is -0.0465 e. The fraction of sp³-hybridized carbons (Fsp3) is 0.870. The number of hydrogen-bond acceptors (Lipinski definition) is 1. The van der Waals surface area contributed by atoms with Crippen LogP contribution >= 0.6 is 0 Å². The van der Waals surface area contributed by atoms with Crippen LogP contribution in [-0.4, -0.2) is 5.54 Å². The van der Waals surface area contributed by atoms with Gasteiger partial charge in [0.1, 0.15) is 0 Å². The van der Waals surface area contributed by atoms with Gasteiger partial charge < -0.3 is 19.8 Å². The van der Waals surface area contributed by atoms with Gasteiger partial charge in [0.15, 0.2) is 0 Å². The zero-order valence-corrected chi connectivity index (χ0v) is 20.4. The van der Waals surface area contributed by atoms with Crippen LogP contribution < -0.4 is 0 Å². The fourth-order valence-corrected chi connectivity index (χ4v) is 3.23. The Morgan fingerprint density at radius 2 is 1.16 bits per heavy atom. The topological polar surface area (TPSA) is 12.4 Å². The van der Waals surface area contributed by atoms with Crippen molar-refractivity contribution in [3.05, 3.63) is 19.8 Å². The quantitative estimate of drug-likeness (QED) is 0.315. The molecule has 0 heterocycles. The van der Waals surface area contributed by atoms with E-state index in [9.17, 15) is 0 Å². The molecule has 0 aliphatic heterocycles. The van der Waals surface area contributed by atoms with Gasteiger partial charge in [-0.15, -0.1) is 0 Å². The predicted molar refractivity (Wildman–Crippen MR) is 111 cm³/mol. The van der Waals surface area contributed by atoms with Crippen molar-refractivity contribution in [3.8, 4) is 0 Å². The molecule has 2 fully saturated rings. The Bertz CT molecular complexity index is 245. The molecule has 1 nitrogen and oxygen atoms in total. The van der Waals surface area contributed by atoms with Crippen molar-refractivity contribution in [1.29, 1.82) is 0 Å². The largest absolute Gasteiger partial charge is 0.346 e. The second-order valence-corrected chi connectivity index (χ2v) is 8.19. The predicted octanol–water partition coefficient (Wildman–Crippen LogP) is 8.33. The standard InChI is InChI=1S/2C8H15.C5H11N.C2H5.Nb/c2*1-2-8-6-4-3-5-7-8;1-4-5(2,3)6;1-2;/h2*3,8H,2,4-7H2,1H3;4H2,1-3H3;1H2,2H3;/q2*-1;;-1;. The molecule has 25 heavy (non-hydrogen) atoms. The molecule has 0 N–H and O–H groups in total. The Morgan fingerprint density at radius 1 is 0.840 bits per heavy atom. The fourth-order valence-electron chi connectivity index (χ4n) is 2.88. The van der Waals surface area contributed by atoms with E-state index in [1.54, 1.807) is 27.8 Å². The Labute approximate surface area is 173 Å². The summed E-state index contributed by atoms with van der Waals surface area (Å²) in [6.45, 7) is 16.0. The third kappa shape index (κ3) is 17.7. The van der Waals surface area contributed by atoms with E-state index in [1.165, 1.54) is 64.2 Å². The van der Waals surface area contributed by atoms with Gasteiger partial charge in [0.05, 0.1) is 0 Å². The van der Waals surface area contributed by atoms with Gasteiger partial charge >= 0.3 is 57.0 Å². The zero-order valence-electron chi connectivity index (χ0n) is 18.2. The molecule has 0 aromatic rings. The smallest absolute Gasteiger partial charge is 0.0465 e. The van der Waals surface area contributed by atoms with Crippen LogP contribution in [0.2, 0.25) is 0 Å². The maximum absolute atomic E-state index is 4.19. The molecular formula is C23H46NNb-3. The summed E-state index contributed by atoms with van der Waals surface area (Å²) in [6.07, 6.45) is 20.1. The van der Waals surface area contributed by atoms with Crippen molar-refractivity contribution in [2.75, 3.05) is 0 Å².